The number of carbonyl (C=O) groups is 2. The topological polar surface area (TPSA) is 84.2 Å². The van der Waals surface area contributed by atoms with Crippen molar-refractivity contribution in [2.45, 2.75) is 69.8 Å². The first-order valence-electron chi connectivity index (χ1n) is 9.18. The van der Waals surface area contributed by atoms with Gasteiger partial charge in [-0.2, -0.15) is 0 Å². The zero-order chi connectivity index (χ0) is 19.5. The van der Waals surface area contributed by atoms with Crippen LogP contribution in [-0.2, 0) is 15.0 Å². The van der Waals surface area contributed by atoms with E-state index < -0.39 is 4.75 Å². The fraction of sp³-hybridized carbons (Fsp3) is 0.737. The van der Waals surface area contributed by atoms with Crippen molar-refractivity contribution in [1.82, 2.24) is 10.5 Å². The Balaban J connectivity index is 2.05. The number of nitrogens with one attached hydrogen (secondary N) is 2. The first-order chi connectivity index (χ1) is 12.0. The molecule has 2 rings (SSSR count). The number of ketones is 1. The Morgan fingerprint density at radius 2 is 2.04 bits per heavy atom. The van der Waals surface area contributed by atoms with Crippen LogP contribution in [0.1, 0.15) is 60.1 Å². The maximum absolute atomic E-state index is 12.8. The van der Waals surface area contributed by atoms with Crippen LogP contribution >= 0.6 is 11.8 Å². The Bertz CT molecular complexity index is 643. The van der Waals surface area contributed by atoms with Crippen molar-refractivity contribution in [1.29, 1.82) is 0 Å². The maximum atomic E-state index is 12.8. The van der Waals surface area contributed by atoms with Crippen molar-refractivity contribution in [3.05, 3.63) is 11.8 Å². The molecule has 1 aromatic heterocycles. The van der Waals surface area contributed by atoms with Gasteiger partial charge in [-0.15, -0.1) is 11.8 Å². The molecule has 7 heteroatoms. The zero-order valence-corrected chi connectivity index (χ0v) is 17.5. The SMILES string of the molecule is CC(=O)C(SC(C)(C)C(=O)Nc1cc(C(C)(C)C)on1)C1CCCNC1. The Morgan fingerprint density at radius 1 is 1.35 bits per heavy atom. The van der Waals surface area contributed by atoms with Crippen LogP contribution in [0, 0.1) is 5.92 Å². The molecule has 0 aromatic carbocycles. The van der Waals surface area contributed by atoms with E-state index in [2.05, 4.69) is 15.8 Å². The summed E-state index contributed by atoms with van der Waals surface area (Å²) in [6, 6.07) is 1.76. The van der Waals surface area contributed by atoms with Gasteiger partial charge in [-0.25, -0.2) is 0 Å². The molecule has 0 radical (unpaired) electrons. The molecule has 0 aliphatic carbocycles. The second-order valence-corrected chi connectivity index (χ2v) is 10.3. The molecule has 0 saturated carbocycles. The van der Waals surface area contributed by atoms with Gasteiger partial charge in [0.15, 0.2) is 5.82 Å². The predicted molar refractivity (Wildman–Crippen MR) is 106 cm³/mol. The molecule has 146 valence electrons. The molecule has 1 fully saturated rings. The van der Waals surface area contributed by atoms with Gasteiger partial charge in [0.1, 0.15) is 11.5 Å². The summed E-state index contributed by atoms with van der Waals surface area (Å²) >= 11 is 1.44. The van der Waals surface area contributed by atoms with Crippen molar-refractivity contribution in [3.63, 3.8) is 0 Å². The summed E-state index contributed by atoms with van der Waals surface area (Å²) in [5.74, 6) is 1.34. The molecular formula is C19H31N3O3S. The van der Waals surface area contributed by atoms with Gasteiger partial charge in [0.25, 0.3) is 0 Å². The first-order valence-corrected chi connectivity index (χ1v) is 10.1. The largest absolute Gasteiger partial charge is 0.359 e. The Hall–Kier alpha value is -1.34. The van der Waals surface area contributed by atoms with Crippen LogP contribution in [0.3, 0.4) is 0 Å². The molecule has 1 aliphatic heterocycles. The van der Waals surface area contributed by atoms with Crippen LogP contribution in [-0.4, -0.2) is 39.9 Å². The molecule has 0 spiro atoms. The number of nitrogens with zero attached hydrogens (tertiary/aromatic N) is 1. The number of anilines is 1. The monoisotopic (exact) mass is 381 g/mol. The summed E-state index contributed by atoms with van der Waals surface area (Å²) in [4.78, 5) is 25.0. The number of aromatic nitrogens is 1. The molecule has 1 aliphatic rings. The van der Waals surface area contributed by atoms with E-state index in [1.54, 1.807) is 13.0 Å². The van der Waals surface area contributed by atoms with Gasteiger partial charge in [0, 0.05) is 11.5 Å². The number of thioether (sulfide) groups is 1. The molecule has 1 aromatic rings. The molecule has 26 heavy (non-hydrogen) atoms. The lowest BCUT2D eigenvalue weighted by Crippen LogP contribution is -2.43. The molecular weight excluding hydrogens is 350 g/mol. The van der Waals surface area contributed by atoms with Crippen LogP contribution in [0.4, 0.5) is 5.82 Å². The van der Waals surface area contributed by atoms with Crippen LogP contribution in [0.2, 0.25) is 0 Å². The third-order valence-corrected chi connectivity index (χ3v) is 6.37. The molecule has 2 atom stereocenters. The number of hydrogen-bond donors (Lipinski definition) is 2. The van der Waals surface area contributed by atoms with Crippen LogP contribution < -0.4 is 10.6 Å². The van der Waals surface area contributed by atoms with Crippen molar-refractivity contribution < 1.29 is 14.1 Å². The number of hydrogen-bond acceptors (Lipinski definition) is 6. The second-order valence-electron chi connectivity index (χ2n) is 8.55. The minimum Gasteiger partial charge on any atom is -0.359 e. The molecule has 1 saturated heterocycles. The van der Waals surface area contributed by atoms with Gasteiger partial charge in [-0.1, -0.05) is 25.9 Å². The Labute approximate surface area is 160 Å². The van der Waals surface area contributed by atoms with Crippen molar-refractivity contribution in [3.8, 4) is 0 Å². The average molecular weight is 382 g/mol. The first kappa shape index (κ1) is 21.0. The van der Waals surface area contributed by atoms with Gasteiger partial charge in [0.05, 0.1) is 10.00 Å². The molecule has 2 N–H and O–H groups in total. The zero-order valence-electron chi connectivity index (χ0n) is 16.6. The quantitative estimate of drug-likeness (QED) is 0.786. The molecule has 2 unspecified atom stereocenters. The van der Waals surface area contributed by atoms with Crippen molar-refractivity contribution in [2.75, 3.05) is 18.4 Å². The van der Waals surface area contributed by atoms with Gasteiger partial charge >= 0.3 is 0 Å². The summed E-state index contributed by atoms with van der Waals surface area (Å²) < 4.78 is 4.57. The van der Waals surface area contributed by atoms with E-state index in [-0.39, 0.29) is 28.3 Å². The molecule has 6 nitrogen and oxygen atoms in total. The number of rotatable bonds is 6. The number of Topliss-reactive ketones (excluding diaryl/α,β-unsaturated/α-hetero) is 1. The van der Waals surface area contributed by atoms with E-state index >= 15 is 0 Å². The summed E-state index contributed by atoms with van der Waals surface area (Å²) in [5.41, 5.74) is -0.173. The third kappa shape index (κ3) is 5.33. The third-order valence-electron chi connectivity index (χ3n) is 4.62. The summed E-state index contributed by atoms with van der Waals surface area (Å²) in [6.45, 7) is 13.2. The normalized spacial score (nSPS) is 19.8. The summed E-state index contributed by atoms with van der Waals surface area (Å²) in [5, 5.41) is 9.94. The standard InChI is InChI=1S/C19H31N3O3S/c1-12(23)16(13-8-7-9-20-11-13)26-19(5,6)17(24)21-15-10-14(25-22-15)18(2,3)4/h10,13,16,20H,7-9,11H2,1-6H3,(H,21,22,24). The van der Waals surface area contributed by atoms with Gasteiger partial charge in [-0.3, -0.25) is 9.59 Å². The van der Waals surface area contributed by atoms with E-state index in [0.29, 0.717) is 11.6 Å². The van der Waals surface area contributed by atoms with Crippen LogP contribution in [0.25, 0.3) is 0 Å². The minimum absolute atomic E-state index is 0.126. The smallest absolute Gasteiger partial charge is 0.241 e. The highest BCUT2D eigenvalue weighted by Crippen LogP contribution is 2.36. The lowest BCUT2D eigenvalue weighted by molar-refractivity contribution is -0.117. The van der Waals surface area contributed by atoms with E-state index in [9.17, 15) is 9.59 Å². The van der Waals surface area contributed by atoms with Gasteiger partial charge < -0.3 is 15.2 Å². The van der Waals surface area contributed by atoms with E-state index in [1.165, 1.54) is 11.8 Å². The number of carbonyl (C=O) groups excluding carboxylic acids is 2. The van der Waals surface area contributed by atoms with Crippen molar-refractivity contribution >= 4 is 29.3 Å². The minimum atomic E-state index is -0.755. The lowest BCUT2D eigenvalue weighted by Gasteiger charge is -2.33. The highest BCUT2D eigenvalue weighted by atomic mass is 32.2. The van der Waals surface area contributed by atoms with Gasteiger partial charge in [0.2, 0.25) is 5.91 Å². The summed E-state index contributed by atoms with van der Waals surface area (Å²) in [7, 11) is 0. The average Bonchev–Trinajstić information content (AvgIpc) is 3.02. The van der Waals surface area contributed by atoms with E-state index in [0.717, 1.165) is 25.9 Å². The highest BCUT2D eigenvalue weighted by molar-refractivity contribution is 8.02. The second kappa shape index (κ2) is 8.13. The van der Waals surface area contributed by atoms with Gasteiger partial charge in [-0.05, 0) is 52.6 Å². The van der Waals surface area contributed by atoms with Crippen LogP contribution in [0.15, 0.2) is 10.6 Å². The lowest BCUT2D eigenvalue weighted by atomic mass is 9.93. The highest BCUT2D eigenvalue weighted by Gasteiger charge is 2.38. The number of amides is 1. The van der Waals surface area contributed by atoms with Crippen molar-refractivity contribution in [2.24, 2.45) is 5.92 Å². The molecule has 1 amide bonds. The van der Waals surface area contributed by atoms with E-state index in [4.69, 9.17) is 4.52 Å². The van der Waals surface area contributed by atoms with E-state index in [1.807, 2.05) is 34.6 Å². The Kier molecular flexibility index (Phi) is 6.55. The molecule has 0 bridgehead atoms. The fourth-order valence-electron chi connectivity index (χ4n) is 2.97. The fourth-order valence-corrected chi connectivity index (χ4v) is 4.36. The maximum Gasteiger partial charge on any atom is 0.241 e. The predicted octanol–water partition coefficient (Wildman–Crippen LogP) is 3.38. The Morgan fingerprint density at radius 3 is 2.54 bits per heavy atom. The number of piperidine rings is 1. The summed E-state index contributed by atoms with van der Waals surface area (Å²) in [6.07, 6.45) is 2.08. The molecule has 2 heterocycles. The van der Waals surface area contributed by atoms with Crippen LogP contribution in [0.5, 0.6) is 0 Å².